The molecule has 1 atom stereocenters. The van der Waals surface area contributed by atoms with Gasteiger partial charge in [0, 0.05) is 13.1 Å². The van der Waals surface area contributed by atoms with Crippen LogP contribution in [0.4, 0.5) is 0 Å². The second-order valence-corrected chi connectivity index (χ2v) is 4.48. The zero-order chi connectivity index (χ0) is 11.5. The number of likely N-dealkylation sites (N-methyl/N-ethyl adjacent to an activating group) is 1. The molecular weight excluding hydrogens is 200 g/mol. The minimum absolute atomic E-state index is 0.0614. The molecule has 1 aromatic carbocycles. The van der Waals surface area contributed by atoms with Crippen LogP contribution in [0, 0.1) is 0 Å². The lowest BCUT2D eigenvalue weighted by Gasteiger charge is -2.20. The lowest BCUT2D eigenvalue weighted by atomic mass is 10.1. The molecule has 0 spiro atoms. The molecular formula is C13H18N2O. The van der Waals surface area contributed by atoms with Crippen LogP contribution in [0.5, 0.6) is 0 Å². The number of nitrogens with two attached hydrogens (primary N) is 1. The Balaban J connectivity index is 1.92. The van der Waals surface area contributed by atoms with Crippen molar-refractivity contribution in [2.45, 2.75) is 31.3 Å². The molecule has 1 aliphatic rings. The summed E-state index contributed by atoms with van der Waals surface area (Å²) in [6, 6.07) is 9.94. The summed E-state index contributed by atoms with van der Waals surface area (Å²) in [5, 5.41) is 0. The summed E-state index contributed by atoms with van der Waals surface area (Å²) in [5.74, 6) is 0.0614. The first kappa shape index (κ1) is 11.1. The van der Waals surface area contributed by atoms with E-state index in [0.29, 0.717) is 12.5 Å². The van der Waals surface area contributed by atoms with Crippen LogP contribution in [-0.4, -0.2) is 29.9 Å². The molecule has 0 saturated heterocycles. The molecule has 0 radical (unpaired) electrons. The van der Waals surface area contributed by atoms with Crippen LogP contribution in [0.25, 0.3) is 0 Å². The van der Waals surface area contributed by atoms with E-state index in [9.17, 15) is 4.79 Å². The van der Waals surface area contributed by atoms with Gasteiger partial charge in [-0.15, -0.1) is 0 Å². The number of nitrogens with zero attached hydrogens (tertiary/aromatic N) is 1. The van der Waals surface area contributed by atoms with Crippen molar-refractivity contribution in [3.63, 3.8) is 0 Å². The smallest absolute Gasteiger partial charge is 0.239 e. The highest BCUT2D eigenvalue weighted by Crippen LogP contribution is 2.25. The van der Waals surface area contributed by atoms with Crippen molar-refractivity contribution in [2.24, 2.45) is 5.73 Å². The van der Waals surface area contributed by atoms with E-state index in [2.05, 4.69) is 0 Å². The molecule has 3 nitrogen and oxygen atoms in total. The average Bonchev–Trinajstić information content (AvgIpc) is 3.12. The highest BCUT2D eigenvalue weighted by molar-refractivity contribution is 5.82. The molecule has 16 heavy (non-hydrogen) atoms. The summed E-state index contributed by atoms with van der Waals surface area (Å²) >= 11 is 0. The molecule has 0 bridgehead atoms. The fourth-order valence-corrected chi connectivity index (χ4v) is 1.86. The van der Waals surface area contributed by atoms with Crippen LogP contribution < -0.4 is 5.73 Å². The first-order chi connectivity index (χ1) is 7.68. The Morgan fingerprint density at radius 2 is 2.06 bits per heavy atom. The van der Waals surface area contributed by atoms with E-state index in [1.54, 1.807) is 4.90 Å². The van der Waals surface area contributed by atoms with Gasteiger partial charge in [0.2, 0.25) is 5.91 Å². The van der Waals surface area contributed by atoms with Crippen molar-refractivity contribution in [2.75, 3.05) is 7.05 Å². The van der Waals surface area contributed by atoms with Crippen molar-refractivity contribution >= 4 is 5.91 Å². The largest absolute Gasteiger partial charge is 0.341 e. The molecule has 1 aliphatic carbocycles. The van der Waals surface area contributed by atoms with E-state index < -0.39 is 6.04 Å². The number of carbonyl (C=O) groups is 1. The van der Waals surface area contributed by atoms with Crippen LogP contribution in [0.15, 0.2) is 30.3 Å². The zero-order valence-electron chi connectivity index (χ0n) is 9.60. The predicted molar refractivity (Wildman–Crippen MR) is 63.9 cm³/mol. The SMILES string of the molecule is CN(C(=O)[C@@H](N)Cc1ccccc1)C1CC1. The first-order valence-electron chi connectivity index (χ1n) is 5.74. The highest BCUT2D eigenvalue weighted by atomic mass is 16.2. The zero-order valence-corrected chi connectivity index (χ0v) is 9.60. The Labute approximate surface area is 96.2 Å². The lowest BCUT2D eigenvalue weighted by Crippen LogP contribution is -2.44. The van der Waals surface area contributed by atoms with Gasteiger partial charge in [0.05, 0.1) is 6.04 Å². The summed E-state index contributed by atoms with van der Waals surface area (Å²) in [6.45, 7) is 0. The minimum atomic E-state index is -0.409. The van der Waals surface area contributed by atoms with E-state index in [1.807, 2.05) is 37.4 Å². The normalized spacial score (nSPS) is 16.9. The summed E-state index contributed by atoms with van der Waals surface area (Å²) in [7, 11) is 1.85. The third-order valence-corrected chi connectivity index (χ3v) is 3.06. The van der Waals surface area contributed by atoms with Crippen LogP contribution in [-0.2, 0) is 11.2 Å². The van der Waals surface area contributed by atoms with Gasteiger partial charge in [0.25, 0.3) is 0 Å². The molecule has 1 fully saturated rings. The second-order valence-electron chi connectivity index (χ2n) is 4.48. The summed E-state index contributed by atoms with van der Waals surface area (Å²) in [5.41, 5.74) is 7.04. The molecule has 0 aliphatic heterocycles. The number of hydrogen-bond donors (Lipinski definition) is 1. The predicted octanol–water partition coefficient (Wildman–Crippen LogP) is 1.18. The Bertz CT molecular complexity index is 359. The van der Waals surface area contributed by atoms with E-state index in [0.717, 1.165) is 18.4 Å². The van der Waals surface area contributed by atoms with Gasteiger partial charge in [-0.05, 0) is 24.8 Å². The third kappa shape index (κ3) is 2.61. The lowest BCUT2D eigenvalue weighted by molar-refractivity contribution is -0.131. The standard InChI is InChI=1S/C13H18N2O/c1-15(11-7-8-11)13(16)12(14)9-10-5-3-2-4-6-10/h2-6,11-12H,7-9,14H2,1H3/t12-/m0/s1. The quantitative estimate of drug-likeness (QED) is 0.824. The first-order valence-corrected chi connectivity index (χ1v) is 5.74. The molecule has 1 saturated carbocycles. The van der Waals surface area contributed by atoms with E-state index in [4.69, 9.17) is 5.73 Å². The molecule has 3 heteroatoms. The molecule has 0 unspecified atom stereocenters. The van der Waals surface area contributed by atoms with Gasteiger partial charge in [-0.25, -0.2) is 0 Å². The van der Waals surface area contributed by atoms with E-state index >= 15 is 0 Å². The van der Waals surface area contributed by atoms with Gasteiger partial charge in [-0.2, -0.15) is 0 Å². The molecule has 1 amide bonds. The van der Waals surface area contributed by atoms with Gasteiger partial charge in [0.1, 0.15) is 0 Å². The molecule has 0 heterocycles. The summed E-state index contributed by atoms with van der Waals surface area (Å²) < 4.78 is 0. The average molecular weight is 218 g/mol. The van der Waals surface area contributed by atoms with Crippen molar-refractivity contribution in [3.05, 3.63) is 35.9 Å². The van der Waals surface area contributed by atoms with Crippen LogP contribution in [0.3, 0.4) is 0 Å². The van der Waals surface area contributed by atoms with E-state index in [1.165, 1.54) is 0 Å². The number of rotatable bonds is 4. The minimum Gasteiger partial charge on any atom is -0.341 e. The molecule has 2 N–H and O–H groups in total. The number of amides is 1. The van der Waals surface area contributed by atoms with Crippen LogP contribution in [0.2, 0.25) is 0 Å². The van der Waals surface area contributed by atoms with Gasteiger partial charge in [-0.1, -0.05) is 30.3 Å². The fourth-order valence-electron chi connectivity index (χ4n) is 1.86. The fraction of sp³-hybridized carbons (Fsp3) is 0.462. The monoisotopic (exact) mass is 218 g/mol. The third-order valence-electron chi connectivity index (χ3n) is 3.06. The van der Waals surface area contributed by atoms with Crippen molar-refractivity contribution in [3.8, 4) is 0 Å². The summed E-state index contributed by atoms with van der Waals surface area (Å²) in [4.78, 5) is 13.7. The van der Waals surface area contributed by atoms with Gasteiger partial charge < -0.3 is 10.6 Å². The van der Waals surface area contributed by atoms with Crippen molar-refractivity contribution in [1.29, 1.82) is 0 Å². The number of hydrogen-bond acceptors (Lipinski definition) is 2. The Kier molecular flexibility index (Phi) is 3.25. The van der Waals surface area contributed by atoms with Crippen molar-refractivity contribution in [1.82, 2.24) is 4.90 Å². The van der Waals surface area contributed by atoms with Gasteiger partial charge >= 0.3 is 0 Å². The van der Waals surface area contributed by atoms with Gasteiger partial charge in [0.15, 0.2) is 0 Å². The summed E-state index contributed by atoms with van der Waals surface area (Å²) in [6.07, 6.45) is 2.87. The topological polar surface area (TPSA) is 46.3 Å². The van der Waals surface area contributed by atoms with E-state index in [-0.39, 0.29) is 5.91 Å². The highest BCUT2D eigenvalue weighted by Gasteiger charge is 2.31. The Hall–Kier alpha value is -1.35. The Morgan fingerprint density at radius 3 is 2.62 bits per heavy atom. The number of benzene rings is 1. The number of carbonyl (C=O) groups excluding carboxylic acids is 1. The second kappa shape index (κ2) is 4.66. The Morgan fingerprint density at radius 1 is 1.44 bits per heavy atom. The maximum absolute atomic E-state index is 11.9. The maximum Gasteiger partial charge on any atom is 0.239 e. The molecule has 2 rings (SSSR count). The van der Waals surface area contributed by atoms with Gasteiger partial charge in [-0.3, -0.25) is 4.79 Å². The van der Waals surface area contributed by atoms with Crippen LogP contribution >= 0.6 is 0 Å². The molecule has 86 valence electrons. The van der Waals surface area contributed by atoms with Crippen LogP contribution in [0.1, 0.15) is 18.4 Å². The maximum atomic E-state index is 11.9. The molecule has 0 aromatic heterocycles. The molecule has 1 aromatic rings. The van der Waals surface area contributed by atoms with Crippen molar-refractivity contribution < 1.29 is 4.79 Å².